The highest BCUT2D eigenvalue weighted by Gasteiger charge is 2.46. The summed E-state index contributed by atoms with van der Waals surface area (Å²) in [7, 11) is 8.27. The van der Waals surface area contributed by atoms with Gasteiger partial charge in [0.2, 0.25) is 0 Å². The molecule has 0 bridgehead atoms. The maximum Gasteiger partial charge on any atom is 0.159 e. The lowest BCUT2D eigenvalue weighted by molar-refractivity contribution is -0.891. The fourth-order valence-electron chi connectivity index (χ4n) is 6.77. The smallest absolute Gasteiger partial charge is 0.159 e. The summed E-state index contributed by atoms with van der Waals surface area (Å²) >= 11 is 0. The fourth-order valence-corrected chi connectivity index (χ4v) is 6.77. The molecule has 0 N–H and O–H groups in total. The number of halogens is 1. The van der Waals surface area contributed by atoms with Crippen LogP contribution in [0.5, 0.6) is 0 Å². The number of hydrogen-bond donors (Lipinski definition) is 0. The van der Waals surface area contributed by atoms with Crippen LogP contribution in [0.2, 0.25) is 0 Å². The molecule has 5 nitrogen and oxygen atoms in total. The molecule has 3 rings (SSSR count). The van der Waals surface area contributed by atoms with Gasteiger partial charge in [-0.2, -0.15) is 0 Å². The second-order valence-corrected chi connectivity index (χ2v) is 12.3. The molecule has 1 aromatic heterocycles. The number of rotatable bonds is 15. The molecule has 2 unspecified atom stereocenters. The van der Waals surface area contributed by atoms with Gasteiger partial charge in [-0.3, -0.25) is 4.79 Å². The summed E-state index contributed by atoms with van der Waals surface area (Å²) in [5, 5.41) is 0. The van der Waals surface area contributed by atoms with Gasteiger partial charge < -0.3 is 13.8 Å². The van der Waals surface area contributed by atoms with Gasteiger partial charge in [-0.05, 0) is 53.4 Å². The normalized spacial score (nSPS) is 20.5. The molecule has 2 aromatic rings. The molecule has 0 amide bonds. The second-order valence-electron chi connectivity index (χ2n) is 12.3. The number of alkyl halides is 1. The van der Waals surface area contributed by atoms with Gasteiger partial charge in [0.1, 0.15) is 19.1 Å². The van der Waals surface area contributed by atoms with Crippen molar-refractivity contribution in [3.63, 3.8) is 0 Å². The Balaban J connectivity index is 1.80. The van der Waals surface area contributed by atoms with Gasteiger partial charge in [-0.25, -0.2) is 9.37 Å². The van der Waals surface area contributed by atoms with E-state index in [9.17, 15) is 9.18 Å². The highest BCUT2D eigenvalue weighted by molar-refractivity contribution is 5.80. The van der Waals surface area contributed by atoms with Gasteiger partial charge in [0.05, 0.1) is 38.2 Å². The highest BCUT2D eigenvalue weighted by atomic mass is 19.1. The molecular weight excluding hydrogens is 489 g/mol. The van der Waals surface area contributed by atoms with E-state index in [0.29, 0.717) is 12.3 Å². The van der Waals surface area contributed by atoms with E-state index >= 15 is 0 Å². The first kappa shape index (κ1) is 31.0. The van der Waals surface area contributed by atoms with Crippen molar-refractivity contribution < 1.29 is 18.4 Å². The molecule has 0 spiro atoms. The lowest BCUT2D eigenvalue weighted by Crippen LogP contribution is -2.47. The zero-order valence-electron chi connectivity index (χ0n) is 25.0. The third kappa shape index (κ3) is 7.55. The molecule has 39 heavy (non-hydrogen) atoms. The number of para-hydroxylation sites is 2. The van der Waals surface area contributed by atoms with Crippen LogP contribution >= 0.6 is 0 Å². The Hall–Kier alpha value is -2.57. The molecule has 6 heteroatoms. The number of aromatic nitrogens is 2. The summed E-state index contributed by atoms with van der Waals surface area (Å²) in [6, 6.07) is 8.28. The molecule has 0 aliphatic heterocycles. The number of ether oxygens (including phenoxy) is 1. The van der Waals surface area contributed by atoms with Crippen LogP contribution in [-0.4, -0.2) is 67.4 Å². The zero-order valence-corrected chi connectivity index (χ0v) is 25.0. The quantitative estimate of drug-likeness (QED) is 0.239. The van der Waals surface area contributed by atoms with Crippen molar-refractivity contribution in [2.24, 2.45) is 24.3 Å². The van der Waals surface area contributed by atoms with Crippen molar-refractivity contribution in [2.75, 3.05) is 47.6 Å². The number of Topliss-reactive ketones (excluding diaryl/α,β-unsaturated/α-hetero) is 1. The van der Waals surface area contributed by atoms with Gasteiger partial charge >= 0.3 is 0 Å². The number of aryl methyl sites for hydroxylation is 2. The minimum atomic E-state index is -0.496. The average molecular weight is 539 g/mol. The molecule has 0 saturated carbocycles. The van der Waals surface area contributed by atoms with Crippen LogP contribution in [0.3, 0.4) is 0 Å². The molecule has 1 aliphatic carbocycles. The summed E-state index contributed by atoms with van der Waals surface area (Å²) in [6.45, 7) is 10.1. The van der Waals surface area contributed by atoms with Crippen molar-refractivity contribution in [2.45, 2.75) is 52.4 Å². The number of imidazole rings is 1. The van der Waals surface area contributed by atoms with E-state index in [1.54, 1.807) is 13.2 Å². The zero-order chi connectivity index (χ0) is 28.6. The average Bonchev–Trinajstić information content (AvgIpc) is 3.21. The van der Waals surface area contributed by atoms with Crippen LogP contribution in [-0.2, 0) is 23.0 Å². The Bertz CT molecular complexity index is 1190. The van der Waals surface area contributed by atoms with Crippen molar-refractivity contribution in [3.05, 3.63) is 66.0 Å². The number of benzene rings is 1. The van der Waals surface area contributed by atoms with Gasteiger partial charge in [0.25, 0.3) is 0 Å². The first-order chi connectivity index (χ1) is 18.6. The molecule has 0 fully saturated rings. The third-order valence-corrected chi connectivity index (χ3v) is 8.67. The van der Waals surface area contributed by atoms with Crippen molar-refractivity contribution in [1.82, 2.24) is 9.55 Å². The van der Waals surface area contributed by atoms with Gasteiger partial charge in [0.15, 0.2) is 5.78 Å². The van der Waals surface area contributed by atoms with Crippen LogP contribution in [0.4, 0.5) is 4.39 Å². The summed E-state index contributed by atoms with van der Waals surface area (Å²) in [5.74, 6) is 1.73. The summed E-state index contributed by atoms with van der Waals surface area (Å²) in [4.78, 5) is 17.9. The van der Waals surface area contributed by atoms with E-state index < -0.39 is 6.67 Å². The molecule has 1 aromatic carbocycles. The predicted octanol–water partition coefficient (Wildman–Crippen LogP) is 6.64. The molecular formula is C33H49FN3O2+. The number of hydrogen-bond acceptors (Lipinski definition) is 3. The number of allylic oxidation sites excluding steroid dienone is 5. The highest BCUT2D eigenvalue weighted by Crippen LogP contribution is 2.53. The van der Waals surface area contributed by atoms with Crippen molar-refractivity contribution in [3.8, 4) is 0 Å². The Morgan fingerprint density at radius 3 is 2.69 bits per heavy atom. The van der Waals surface area contributed by atoms with Crippen LogP contribution in [0, 0.1) is 17.3 Å². The first-order valence-corrected chi connectivity index (χ1v) is 14.4. The number of carbonyl (C=O) groups is 1. The number of methoxy groups -OCH3 is 1. The number of fused-ring (bicyclic) bond motifs is 1. The SMILES string of the molecule is C=CC1=C(C=CCF)C(C(C)C)C(CC[N+](C)(C)CCCc2nc3ccccc3n2C)(CC(=O)COC)CC1. The van der Waals surface area contributed by atoms with Crippen LogP contribution in [0.15, 0.2) is 60.2 Å². The first-order valence-electron chi connectivity index (χ1n) is 14.4. The fraction of sp³-hybridized carbons (Fsp3) is 0.576. The molecule has 1 heterocycles. The maximum absolute atomic E-state index is 13.2. The second kappa shape index (κ2) is 13.7. The van der Waals surface area contributed by atoms with Crippen molar-refractivity contribution >= 4 is 16.8 Å². The minimum absolute atomic E-state index is 0.135. The number of quaternary nitrogens is 1. The number of nitrogens with zero attached hydrogens (tertiary/aromatic N) is 3. The Labute approximate surface area is 235 Å². The Morgan fingerprint density at radius 2 is 2.05 bits per heavy atom. The molecule has 214 valence electrons. The standard InChI is InChI=1S/C33H49FN3O2/c1-8-26-17-18-33(23-27(38)24-39-7,32(25(2)3)28(26)13-11-20-34)19-22-37(5,6)21-12-16-31-35-29-14-9-10-15-30(29)36(31)4/h8-11,13-15,25,32H,1,12,16-24H2,2-7H3/q+1. The number of carbonyl (C=O) groups excluding carboxylic acids is 1. The van der Waals surface area contributed by atoms with Crippen molar-refractivity contribution in [1.29, 1.82) is 0 Å². The topological polar surface area (TPSA) is 44.1 Å². The Kier molecular flexibility index (Phi) is 10.9. The molecule has 1 aliphatic rings. The van der Waals surface area contributed by atoms with Gasteiger partial charge in [-0.1, -0.05) is 50.8 Å². The third-order valence-electron chi connectivity index (χ3n) is 8.67. The molecule has 2 atom stereocenters. The summed E-state index contributed by atoms with van der Waals surface area (Å²) in [5.41, 5.74) is 4.36. The van der Waals surface area contributed by atoms with E-state index in [1.807, 2.05) is 18.2 Å². The van der Waals surface area contributed by atoms with Crippen LogP contribution in [0.25, 0.3) is 11.0 Å². The van der Waals surface area contributed by atoms with E-state index in [2.05, 4.69) is 64.3 Å². The summed E-state index contributed by atoms with van der Waals surface area (Å²) < 4.78 is 21.5. The maximum atomic E-state index is 13.2. The molecule has 0 saturated heterocycles. The predicted molar refractivity (Wildman–Crippen MR) is 159 cm³/mol. The van der Waals surface area contributed by atoms with E-state index in [-0.39, 0.29) is 23.7 Å². The lowest BCUT2D eigenvalue weighted by atomic mass is 9.56. The number of ketones is 1. The van der Waals surface area contributed by atoms with Gasteiger partial charge in [-0.15, -0.1) is 0 Å². The Morgan fingerprint density at radius 1 is 1.31 bits per heavy atom. The van der Waals surface area contributed by atoms with E-state index in [4.69, 9.17) is 9.72 Å². The van der Waals surface area contributed by atoms with E-state index in [0.717, 1.165) is 66.6 Å². The van der Waals surface area contributed by atoms with Gasteiger partial charge in [0, 0.05) is 39.8 Å². The van der Waals surface area contributed by atoms with E-state index in [1.165, 1.54) is 11.1 Å². The van der Waals surface area contributed by atoms with Crippen LogP contribution in [0.1, 0.15) is 51.8 Å². The largest absolute Gasteiger partial charge is 0.377 e. The minimum Gasteiger partial charge on any atom is -0.377 e. The summed E-state index contributed by atoms with van der Waals surface area (Å²) in [6.07, 6.45) is 10.7. The monoisotopic (exact) mass is 538 g/mol. The molecule has 0 radical (unpaired) electrons. The van der Waals surface area contributed by atoms with Crippen LogP contribution < -0.4 is 0 Å². The lowest BCUT2D eigenvalue weighted by Gasteiger charge is -2.48.